The fourth-order valence-electron chi connectivity index (χ4n) is 2.80. The molecule has 1 aliphatic carbocycles. The first kappa shape index (κ1) is 10.4. The van der Waals surface area contributed by atoms with E-state index >= 15 is 0 Å². The van der Waals surface area contributed by atoms with E-state index < -0.39 is 0 Å². The average Bonchev–Trinajstić information content (AvgIpc) is 2.37. The van der Waals surface area contributed by atoms with E-state index in [2.05, 4.69) is 10.3 Å². The summed E-state index contributed by atoms with van der Waals surface area (Å²) in [7, 11) is 0. The number of nitro groups is 1. The quantitative estimate of drug-likeness (QED) is 0.414. The van der Waals surface area contributed by atoms with Gasteiger partial charge in [-0.1, -0.05) is 18.2 Å². The highest BCUT2D eigenvalue weighted by Crippen LogP contribution is 2.35. The Bertz CT molecular complexity index is 464. The van der Waals surface area contributed by atoms with Crippen LogP contribution in [0.4, 0.5) is 0 Å². The topological polar surface area (TPSA) is 67.5 Å². The molecule has 1 N–H and O–H groups in total. The van der Waals surface area contributed by atoms with E-state index in [1.807, 2.05) is 18.2 Å². The number of nitrogens with one attached hydrogen (secondary N) is 1. The molecule has 88 valence electrons. The van der Waals surface area contributed by atoms with E-state index in [4.69, 9.17) is 0 Å². The molecule has 2 aliphatic heterocycles. The summed E-state index contributed by atoms with van der Waals surface area (Å²) < 4.78 is 0. The summed E-state index contributed by atoms with van der Waals surface area (Å²) in [6.45, 7) is 0.811. The Kier molecular flexibility index (Phi) is 2.40. The second-order valence-corrected chi connectivity index (χ2v) is 4.49. The average molecular weight is 231 g/mol. The maximum absolute atomic E-state index is 11.1. The van der Waals surface area contributed by atoms with E-state index in [9.17, 15) is 10.1 Å². The molecule has 0 saturated carbocycles. The van der Waals surface area contributed by atoms with E-state index in [-0.39, 0.29) is 34.5 Å². The van der Waals surface area contributed by atoms with Gasteiger partial charge in [0.05, 0.1) is 16.9 Å². The Morgan fingerprint density at radius 1 is 1.47 bits per heavy atom. The number of fused-ring (bicyclic) bond motifs is 3. The number of hydrogen-bond acceptors (Lipinski definition) is 4. The molecule has 0 aromatic heterocycles. The molecule has 0 bridgehead atoms. The maximum Gasteiger partial charge on any atom is 0.251 e. The van der Waals surface area contributed by atoms with Gasteiger partial charge in [0.15, 0.2) is 0 Å². The van der Waals surface area contributed by atoms with E-state index in [0.29, 0.717) is 0 Å². The molecule has 0 radical (unpaired) electrons. The molecule has 0 amide bonds. The van der Waals surface area contributed by atoms with Crippen LogP contribution in [0.2, 0.25) is 0 Å². The number of hydrogen-bond donors (Lipinski definition) is 1. The van der Waals surface area contributed by atoms with Gasteiger partial charge in [-0.25, -0.2) is 0 Å². The molecule has 0 saturated heterocycles. The normalized spacial score (nSPS) is 38.2. The van der Waals surface area contributed by atoms with Crippen LogP contribution in [0.5, 0.6) is 0 Å². The summed E-state index contributed by atoms with van der Waals surface area (Å²) in [6.07, 6.45) is 11.2. The zero-order valence-electron chi connectivity index (χ0n) is 9.19. The van der Waals surface area contributed by atoms with Gasteiger partial charge in [-0.15, -0.1) is 0 Å². The van der Waals surface area contributed by atoms with Gasteiger partial charge in [0.1, 0.15) is 0 Å². The van der Waals surface area contributed by atoms with E-state index in [1.165, 1.54) is 0 Å². The maximum atomic E-state index is 11.1. The van der Waals surface area contributed by atoms with Crippen LogP contribution >= 0.6 is 0 Å². The Morgan fingerprint density at radius 3 is 3.18 bits per heavy atom. The van der Waals surface area contributed by atoms with E-state index in [0.717, 1.165) is 6.54 Å². The predicted molar refractivity (Wildman–Crippen MR) is 64.4 cm³/mol. The third-order valence-electron chi connectivity index (χ3n) is 3.56. The molecule has 2 heterocycles. The summed E-state index contributed by atoms with van der Waals surface area (Å²) in [5.74, 6) is -0.121. The van der Waals surface area contributed by atoms with Gasteiger partial charge in [0.25, 0.3) is 5.70 Å². The molecule has 17 heavy (non-hydrogen) atoms. The lowest BCUT2D eigenvalue weighted by Crippen LogP contribution is -2.52. The Balaban J connectivity index is 2.05. The lowest BCUT2D eigenvalue weighted by Gasteiger charge is -2.38. The minimum atomic E-state index is -0.276. The third kappa shape index (κ3) is 1.63. The molecular formula is C12H13N3O2. The molecule has 0 spiro atoms. The SMILES string of the molecule is O=[N+]([O-])C1=CC2C=CCNC2C2N=CC=CC12. The number of dihydropyridines is 1. The minimum absolute atomic E-state index is 0.0552. The zero-order chi connectivity index (χ0) is 11.8. The van der Waals surface area contributed by atoms with E-state index in [1.54, 1.807) is 18.4 Å². The summed E-state index contributed by atoms with van der Waals surface area (Å²) >= 11 is 0. The molecule has 5 heteroatoms. The Morgan fingerprint density at radius 2 is 2.35 bits per heavy atom. The summed E-state index contributed by atoms with van der Waals surface area (Å²) in [5, 5.41) is 14.5. The largest absolute Gasteiger partial charge is 0.308 e. The number of nitrogens with zero attached hydrogens (tertiary/aromatic N) is 2. The molecule has 5 nitrogen and oxygen atoms in total. The molecule has 0 fully saturated rings. The summed E-state index contributed by atoms with van der Waals surface area (Å²) in [6, 6.07) is 0.121. The first-order valence-corrected chi connectivity index (χ1v) is 5.73. The Labute approximate surface area is 98.8 Å². The highest BCUT2D eigenvalue weighted by molar-refractivity contribution is 5.73. The summed E-state index contributed by atoms with van der Waals surface area (Å²) in [5.41, 5.74) is 0.276. The fourth-order valence-corrected chi connectivity index (χ4v) is 2.80. The molecule has 4 unspecified atom stereocenters. The van der Waals surface area contributed by atoms with Gasteiger partial charge in [-0.05, 0) is 12.2 Å². The molecule has 4 atom stereocenters. The lowest BCUT2D eigenvalue weighted by atomic mass is 9.76. The molecular weight excluding hydrogens is 218 g/mol. The molecule has 3 rings (SSSR count). The summed E-state index contributed by atoms with van der Waals surface area (Å²) in [4.78, 5) is 15.2. The fraction of sp³-hybridized carbons (Fsp3) is 0.417. The smallest absolute Gasteiger partial charge is 0.251 e. The van der Waals surface area contributed by atoms with Crippen molar-refractivity contribution in [1.29, 1.82) is 0 Å². The van der Waals surface area contributed by atoms with Crippen LogP contribution in [0.25, 0.3) is 0 Å². The van der Waals surface area contributed by atoms with Crippen LogP contribution in [-0.2, 0) is 0 Å². The molecule has 0 aromatic carbocycles. The lowest BCUT2D eigenvalue weighted by molar-refractivity contribution is -0.434. The first-order chi connectivity index (χ1) is 8.27. The van der Waals surface area contributed by atoms with Crippen molar-refractivity contribution in [3.05, 3.63) is 46.2 Å². The zero-order valence-corrected chi connectivity index (χ0v) is 9.19. The van der Waals surface area contributed by atoms with Crippen LogP contribution in [0.3, 0.4) is 0 Å². The van der Waals surface area contributed by atoms with Crippen molar-refractivity contribution in [3.63, 3.8) is 0 Å². The number of aliphatic imine (C=N–C) groups is 1. The van der Waals surface area contributed by atoms with Crippen molar-refractivity contribution >= 4 is 6.21 Å². The van der Waals surface area contributed by atoms with Crippen LogP contribution in [0, 0.1) is 22.0 Å². The van der Waals surface area contributed by atoms with Crippen LogP contribution < -0.4 is 5.32 Å². The first-order valence-electron chi connectivity index (χ1n) is 5.73. The molecule has 3 aliphatic rings. The van der Waals surface area contributed by atoms with Crippen molar-refractivity contribution in [2.75, 3.05) is 6.54 Å². The second kappa shape index (κ2) is 3.92. The van der Waals surface area contributed by atoms with Crippen molar-refractivity contribution in [3.8, 4) is 0 Å². The Hall–Kier alpha value is -1.75. The van der Waals surface area contributed by atoms with Gasteiger partial charge < -0.3 is 5.32 Å². The number of rotatable bonds is 1. The predicted octanol–water partition coefficient (Wildman–Crippen LogP) is 0.930. The minimum Gasteiger partial charge on any atom is -0.308 e. The van der Waals surface area contributed by atoms with Crippen LogP contribution in [0.15, 0.2) is 41.1 Å². The highest BCUT2D eigenvalue weighted by atomic mass is 16.6. The standard InChI is InChI=1S/C12H13N3O2/c16-15(17)10-7-8-3-1-5-13-11(8)12-9(10)4-2-6-14-12/h1-4,6-9,11-13H,5H2. The van der Waals surface area contributed by atoms with Gasteiger partial charge in [-0.3, -0.25) is 15.1 Å². The molecule has 0 aromatic rings. The highest BCUT2D eigenvalue weighted by Gasteiger charge is 2.44. The van der Waals surface area contributed by atoms with Crippen molar-refractivity contribution < 1.29 is 4.92 Å². The monoisotopic (exact) mass is 231 g/mol. The number of allylic oxidation sites excluding steroid dienone is 1. The van der Waals surface area contributed by atoms with Crippen LogP contribution in [0.1, 0.15) is 0 Å². The second-order valence-electron chi connectivity index (χ2n) is 4.49. The van der Waals surface area contributed by atoms with Crippen molar-refractivity contribution in [2.24, 2.45) is 16.8 Å². The van der Waals surface area contributed by atoms with Gasteiger partial charge in [0, 0.05) is 24.7 Å². The van der Waals surface area contributed by atoms with Crippen LogP contribution in [-0.4, -0.2) is 29.8 Å². The van der Waals surface area contributed by atoms with Gasteiger partial charge in [-0.2, -0.15) is 0 Å². The van der Waals surface area contributed by atoms with Gasteiger partial charge in [0.2, 0.25) is 0 Å². The van der Waals surface area contributed by atoms with Gasteiger partial charge >= 0.3 is 0 Å². The van der Waals surface area contributed by atoms with Crippen molar-refractivity contribution in [2.45, 2.75) is 12.1 Å². The van der Waals surface area contributed by atoms with Crippen molar-refractivity contribution in [1.82, 2.24) is 5.32 Å². The third-order valence-corrected chi connectivity index (χ3v) is 3.56.